The maximum absolute atomic E-state index is 10.2. The van der Waals surface area contributed by atoms with Crippen LogP contribution in [0.2, 0.25) is 0 Å². The molecule has 0 aliphatic carbocycles. The highest BCUT2D eigenvalue weighted by Crippen LogP contribution is 2.18. The van der Waals surface area contributed by atoms with E-state index in [1.165, 1.54) is 5.56 Å². The molecule has 0 saturated heterocycles. The average molecular weight is 178 g/mol. The molecule has 0 amide bonds. The molecule has 0 aliphatic rings. The molecule has 0 heterocycles. The van der Waals surface area contributed by atoms with Crippen molar-refractivity contribution >= 4 is 6.29 Å². The SMILES string of the molecule is Cc1ccc(C(O)CC=O)cc1C. The van der Waals surface area contributed by atoms with Gasteiger partial charge in [-0.15, -0.1) is 0 Å². The third kappa shape index (κ3) is 2.39. The Morgan fingerprint density at radius 2 is 2.08 bits per heavy atom. The van der Waals surface area contributed by atoms with Crippen LogP contribution < -0.4 is 0 Å². The number of aliphatic hydroxyl groups excluding tert-OH is 1. The van der Waals surface area contributed by atoms with E-state index in [9.17, 15) is 9.90 Å². The first-order valence-corrected chi connectivity index (χ1v) is 4.34. The Labute approximate surface area is 78.2 Å². The zero-order valence-electron chi connectivity index (χ0n) is 7.95. The number of carbonyl (C=O) groups excluding carboxylic acids is 1. The number of rotatable bonds is 3. The van der Waals surface area contributed by atoms with Gasteiger partial charge in [-0.05, 0) is 30.5 Å². The van der Waals surface area contributed by atoms with Gasteiger partial charge in [0.05, 0.1) is 6.10 Å². The molecule has 0 spiro atoms. The van der Waals surface area contributed by atoms with Crippen LogP contribution in [-0.4, -0.2) is 11.4 Å². The van der Waals surface area contributed by atoms with Crippen LogP contribution >= 0.6 is 0 Å². The molecule has 0 fully saturated rings. The third-order valence-corrected chi connectivity index (χ3v) is 2.24. The number of aryl methyl sites for hydroxylation is 2. The Kier molecular flexibility index (Phi) is 3.20. The minimum Gasteiger partial charge on any atom is -0.388 e. The van der Waals surface area contributed by atoms with Gasteiger partial charge in [0.15, 0.2) is 0 Å². The molecular weight excluding hydrogens is 164 g/mol. The van der Waals surface area contributed by atoms with Crippen LogP contribution in [0, 0.1) is 13.8 Å². The molecule has 1 aromatic rings. The van der Waals surface area contributed by atoms with Crippen LogP contribution in [0.5, 0.6) is 0 Å². The van der Waals surface area contributed by atoms with E-state index in [2.05, 4.69) is 0 Å². The van der Waals surface area contributed by atoms with Gasteiger partial charge in [0, 0.05) is 6.42 Å². The Morgan fingerprint density at radius 1 is 1.38 bits per heavy atom. The van der Waals surface area contributed by atoms with E-state index in [1.54, 1.807) is 0 Å². The number of benzene rings is 1. The Balaban J connectivity index is 2.89. The van der Waals surface area contributed by atoms with Crippen molar-refractivity contribution < 1.29 is 9.90 Å². The summed E-state index contributed by atoms with van der Waals surface area (Å²) < 4.78 is 0. The number of carbonyl (C=O) groups is 1. The summed E-state index contributed by atoms with van der Waals surface area (Å²) in [6.07, 6.45) is 0.249. The van der Waals surface area contributed by atoms with E-state index in [4.69, 9.17) is 0 Å². The van der Waals surface area contributed by atoms with Crippen molar-refractivity contribution in [3.63, 3.8) is 0 Å². The molecule has 2 heteroatoms. The summed E-state index contributed by atoms with van der Waals surface area (Å²) in [6, 6.07) is 5.73. The monoisotopic (exact) mass is 178 g/mol. The van der Waals surface area contributed by atoms with Crippen molar-refractivity contribution in [2.75, 3.05) is 0 Å². The highest BCUT2D eigenvalue weighted by Gasteiger charge is 2.06. The van der Waals surface area contributed by atoms with Gasteiger partial charge < -0.3 is 9.90 Å². The maximum Gasteiger partial charge on any atom is 0.122 e. The average Bonchev–Trinajstić information content (AvgIpc) is 2.10. The lowest BCUT2D eigenvalue weighted by atomic mass is 10.0. The van der Waals surface area contributed by atoms with Gasteiger partial charge in [-0.25, -0.2) is 0 Å². The normalized spacial score (nSPS) is 12.5. The summed E-state index contributed by atoms with van der Waals surface area (Å²) in [5, 5.41) is 9.50. The second-order valence-electron chi connectivity index (χ2n) is 3.26. The summed E-state index contributed by atoms with van der Waals surface area (Å²) in [5.41, 5.74) is 3.15. The van der Waals surface area contributed by atoms with Gasteiger partial charge in [0.25, 0.3) is 0 Å². The molecule has 13 heavy (non-hydrogen) atoms. The summed E-state index contributed by atoms with van der Waals surface area (Å²) in [4.78, 5) is 10.2. The molecule has 1 unspecified atom stereocenters. The fraction of sp³-hybridized carbons (Fsp3) is 0.364. The molecule has 1 aromatic carbocycles. The van der Waals surface area contributed by atoms with Crippen LogP contribution in [0.3, 0.4) is 0 Å². The van der Waals surface area contributed by atoms with Crippen molar-refractivity contribution in [3.05, 3.63) is 34.9 Å². The van der Waals surface area contributed by atoms with Gasteiger partial charge >= 0.3 is 0 Å². The molecule has 2 nitrogen and oxygen atoms in total. The molecule has 0 aliphatic heterocycles. The number of hydrogen-bond donors (Lipinski definition) is 1. The molecule has 1 N–H and O–H groups in total. The first-order valence-electron chi connectivity index (χ1n) is 4.34. The molecule has 0 radical (unpaired) electrons. The fourth-order valence-corrected chi connectivity index (χ4v) is 1.20. The van der Waals surface area contributed by atoms with Crippen LogP contribution in [0.25, 0.3) is 0 Å². The first kappa shape index (κ1) is 9.93. The molecule has 0 saturated carbocycles. The lowest BCUT2D eigenvalue weighted by Crippen LogP contribution is -1.98. The largest absolute Gasteiger partial charge is 0.388 e. The summed E-state index contributed by atoms with van der Waals surface area (Å²) in [7, 11) is 0. The highest BCUT2D eigenvalue weighted by atomic mass is 16.3. The summed E-state index contributed by atoms with van der Waals surface area (Å²) in [5.74, 6) is 0. The Bertz CT molecular complexity index is 305. The van der Waals surface area contributed by atoms with Gasteiger partial charge in [-0.1, -0.05) is 18.2 Å². The number of hydrogen-bond acceptors (Lipinski definition) is 2. The van der Waals surface area contributed by atoms with Crippen molar-refractivity contribution in [2.24, 2.45) is 0 Å². The molecule has 0 bridgehead atoms. The quantitative estimate of drug-likeness (QED) is 0.718. The molecule has 1 rings (SSSR count). The standard InChI is InChI=1S/C11H14O2/c1-8-3-4-10(7-9(8)2)11(13)5-6-12/h3-4,6-7,11,13H,5H2,1-2H3. The van der Waals surface area contributed by atoms with E-state index in [0.29, 0.717) is 0 Å². The highest BCUT2D eigenvalue weighted by molar-refractivity contribution is 5.51. The zero-order chi connectivity index (χ0) is 9.84. The second kappa shape index (κ2) is 4.19. The van der Waals surface area contributed by atoms with Crippen LogP contribution in [0.4, 0.5) is 0 Å². The minimum absolute atomic E-state index is 0.169. The van der Waals surface area contributed by atoms with Gasteiger partial charge in [-0.3, -0.25) is 0 Å². The topological polar surface area (TPSA) is 37.3 Å². The van der Waals surface area contributed by atoms with E-state index < -0.39 is 6.10 Å². The van der Waals surface area contributed by atoms with Crippen molar-refractivity contribution in [1.82, 2.24) is 0 Å². The predicted octanol–water partition coefficient (Wildman–Crippen LogP) is 1.93. The van der Waals surface area contributed by atoms with Crippen molar-refractivity contribution in [2.45, 2.75) is 26.4 Å². The van der Waals surface area contributed by atoms with Crippen molar-refractivity contribution in [3.8, 4) is 0 Å². The second-order valence-corrected chi connectivity index (χ2v) is 3.26. The summed E-state index contributed by atoms with van der Waals surface area (Å²) >= 11 is 0. The Morgan fingerprint density at radius 3 is 2.62 bits per heavy atom. The Hall–Kier alpha value is -1.15. The molecule has 1 atom stereocenters. The lowest BCUT2D eigenvalue weighted by molar-refractivity contribution is -0.109. The van der Waals surface area contributed by atoms with Gasteiger partial charge in [-0.2, -0.15) is 0 Å². The van der Waals surface area contributed by atoms with Crippen LogP contribution in [-0.2, 0) is 4.79 Å². The molecule has 0 aromatic heterocycles. The van der Waals surface area contributed by atoms with Gasteiger partial charge in [0.1, 0.15) is 6.29 Å². The van der Waals surface area contributed by atoms with Crippen molar-refractivity contribution in [1.29, 1.82) is 0 Å². The smallest absolute Gasteiger partial charge is 0.122 e. The first-order chi connectivity index (χ1) is 6.15. The maximum atomic E-state index is 10.2. The molecule has 70 valence electrons. The van der Waals surface area contributed by atoms with E-state index in [-0.39, 0.29) is 6.42 Å². The minimum atomic E-state index is -0.656. The van der Waals surface area contributed by atoms with E-state index in [0.717, 1.165) is 17.4 Å². The van der Waals surface area contributed by atoms with Crippen LogP contribution in [0.1, 0.15) is 29.2 Å². The summed E-state index contributed by atoms with van der Waals surface area (Å²) in [6.45, 7) is 4.01. The third-order valence-electron chi connectivity index (χ3n) is 2.24. The zero-order valence-corrected chi connectivity index (χ0v) is 7.95. The number of aldehydes is 1. The van der Waals surface area contributed by atoms with E-state index >= 15 is 0 Å². The molecular formula is C11H14O2. The van der Waals surface area contributed by atoms with Gasteiger partial charge in [0.2, 0.25) is 0 Å². The number of aliphatic hydroxyl groups is 1. The fourth-order valence-electron chi connectivity index (χ4n) is 1.20. The van der Waals surface area contributed by atoms with Crippen LogP contribution in [0.15, 0.2) is 18.2 Å². The lowest BCUT2D eigenvalue weighted by Gasteiger charge is -2.09. The predicted molar refractivity (Wildman–Crippen MR) is 51.6 cm³/mol. The van der Waals surface area contributed by atoms with E-state index in [1.807, 2.05) is 32.0 Å².